The lowest BCUT2D eigenvalue weighted by molar-refractivity contribution is -0.194. The smallest absolute Gasteiger partial charge is 0.155 e. The molecular formula is C57H86N2O8. The fourth-order valence-corrected chi connectivity index (χ4v) is 13.3. The van der Waals surface area contributed by atoms with Gasteiger partial charge in [0.1, 0.15) is 12.5 Å². The van der Waals surface area contributed by atoms with Gasteiger partial charge in [-0.05, 0) is 156 Å². The highest BCUT2D eigenvalue weighted by atomic mass is 16.6. The van der Waals surface area contributed by atoms with Gasteiger partial charge in [-0.1, -0.05) is 112 Å². The Kier molecular flexibility index (Phi) is 19.3. The van der Waals surface area contributed by atoms with Crippen LogP contribution >= 0.6 is 0 Å². The Morgan fingerprint density at radius 3 is 2.55 bits per heavy atom. The van der Waals surface area contributed by atoms with E-state index in [0.29, 0.717) is 69.6 Å². The number of hydrogen-bond donors (Lipinski definition) is 7. The van der Waals surface area contributed by atoms with E-state index in [9.17, 15) is 30.3 Å². The zero-order chi connectivity index (χ0) is 48.4. The first-order valence-corrected chi connectivity index (χ1v) is 25.7. The molecule has 0 amide bonds. The minimum Gasteiger partial charge on any atom is -0.396 e. The zero-order valence-corrected chi connectivity index (χ0v) is 41.7. The molecule has 1 aromatic rings. The highest BCUT2D eigenvalue weighted by Gasteiger charge is 2.68. The summed E-state index contributed by atoms with van der Waals surface area (Å²) >= 11 is 0. The second-order valence-corrected chi connectivity index (χ2v) is 21.6. The molecule has 3 fully saturated rings. The van der Waals surface area contributed by atoms with Crippen LogP contribution in [0.2, 0.25) is 0 Å². The van der Waals surface area contributed by atoms with E-state index < -0.39 is 35.6 Å². The molecule has 10 nitrogen and oxygen atoms in total. The summed E-state index contributed by atoms with van der Waals surface area (Å²) in [5.41, 5.74) is 4.18. The molecule has 11 atom stereocenters. The van der Waals surface area contributed by atoms with Gasteiger partial charge in [0.25, 0.3) is 0 Å². The van der Waals surface area contributed by atoms with Crippen LogP contribution in [-0.2, 0) is 27.1 Å². The number of allylic oxidation sites excluding steroid dienone is 9. The normalized spacial score (nSPS) is 34.2. The maximum atomic E-state index is 13.1. The highest BCUT2D eigenvalue weighted by molar-refractivity contribution is 5.74. The van der Waals surface area contributed by atoms with Crippen molar-refractivity contribution in [2.45, 2.75) is 154 Å². The van der Waals surface area contributed by atoms with Crippen molar-refractivity contribution in [1.29, 1.82) is 0 Å². The Bertz CT molecular complexity index is 1960. The van der Waals surface area contributed by atoms with Crippen LogP contribution in [0.15, 0.2) is 95.2 Å². The number of carbonyl (C=O) groups excluding carboxylic acids is 1. The summed E-state index contributed by atoms with van der Waals surface area (Å²) in [5.74, 6) is -0.376. The summed E-state index contributed by atoms with van der Waals surface area (Å²) in [6.07, 6.45) is 22.4. The maximum Gasteiger partial charge on any atom is 0.155 e. The molecule has 67 heavy (non-hydrogen) atoms. The molecule has 1 aromatic carbocycles. The largest absolute Gasteiger partial charge is 0.396 e. The third kappa shape index (κ3) is 12.1. The summed E-state index contributed by atoms with van der Waals surface area (Å²) in [4.78, 5) is 12.5. The van der Waals surface area contributed by atoms with E-state index in [1.54, 1.807) is 7.11 Å². The van der Waals surface area contributed by atoms with Gasteiger partial charge in [0.2, 0.25) is 0 Å². The minimum atomic E-state index is -1.26. The van der Waals surface area contributed by atoms with E-state index in [1.165, 1.54) is 30.4 Å². The lowest BCUT2D eigenvalue weighted by Crippen LogP contribution is -2.65. The molecular weight excluding hydrogens is 841 g/mol. The number of carbonyl (C=O) groups is 1. The number of benzene rings is 1. The van der Waals surface area contributed by atoms with Gasteiger partial charge in [-0.15, -0.1) is 0 Å². The topological polar surface area (TPSA) is 161 Å². The lowest BCUT2D eigenvalue weighted by atomic mass is 9.45. The fourth-order valence-electron chi connectivity index (χ4n) is 13.3. The predicted octanol–water partition coefficient (Wildman–Crippen LogP) is 8.24. The minimum absolute atomic E-state index is 0.0393. The molecule has 0 radical (unpaired) electrons. The van der Waals surface area contributed by atoms with Crippen LogP contribution in [0.4, 0.5) is 0 Å². The number of rotatable bonds is 19. The molecule has 372 valence electrons. The SMILES string of the molecule is C=C(C=CC=C(COC(O)CC(C)C)C1CCC2(C1O)C1C(=C(C)C=O)C(C=CC1CCO)CC2(O)CCNC)C1CC=C(C)C(O)NC(CCOC)(C2CCCCC2)Cc2cccc(c2)C1. The van der Waals surface area contributed by atoms with E-state index in [2.05, 4.69) is 59.7 Å². The molecule has 6 rings (SSSR count). The van der Waals surface area contributed by atoms with E-state index in [1.807, 2.05) is 53.0 Å². The third-order valence-corrected chi connectivity index (χ3v) is 16.8. The van der Waals surface area contributed by atoms with Crippen molar-refractivity contribution < 1.29 is 39.8 Å². The maximum absolute atomic E-state index is 13.1. The van der Waals surface area contributed by atoms with Gasteiger partial charge in [-0.3, -0.25) is 10.1 Å². The van der Waals surface area contributed by atoms with Crippen molar-refractivity contribution in [3.63, 3.8) is 0 Å². The zero-order valence-electron chi connectivity index (χ0n) is 41.7. The first-order valence-electron chi connectivity index (χ1n) is 25.7. The molecule has 0 aromatic heterocycles. The fraction of sp³-hybridized carbons (Fsp3) is 0.667. The Labute approximate surface area is 402 Å². The number of aliphatic hydroxyl groups is 5. The van der Waals surface area contributed by atoms with E-state index in [0.717, 1.165) is 60.7 Å². The number of ether oxygens (including phenoxy) is 2. The average Bonchev–Trinajstić information content (AvgIpc) is 3.66. The summed E-state index contributed by atoms with van der Waals surface area (Å²) in [7, 11) is 3.63. The number of aliphatic hydroxyl groups excluding tert-OH is 4. The van der Waals surface area contributed by atoms with Crippen molar-refractivity contribution in [1.82, 2.24) is 10.6 Å². The second-order valence-electron chi connectivity index (χ2n) is 21.6. The summed E-state index contributed by atoms with van der Waals surface area (Å²) in [6, 6.07) is 8.93. The van der Waals surface area contributed by atoms with Crippen molar-refractivity contribution in [3.8, 4) is 0 Å². The predicted molar refractivity (Wildman–Crippen MR) is 268 cm³/mol. The Morgan fingerprint density at radius 2 is 1.85 bits per heavy atom. The van der Waals surface area contributed by atoms with Gasteiger partial charge in [0, 0.05) is 49.5 Å². The van der Waals surface area contributed by atoms with Crippen LogP contribution in [0.1, 0.15) is 122 Å². The van der Waals surface area contributed by atoms with Crippen molar-refractivity contribution >= 4 is 6.29 Å². The summed E-state index contributed by atoms with van der Waals surface area (Å²) in [5, 5.41) is 66.3. The molecule has 4 aliphatic carbocycles. The molecule has 1 spiro atoms. The standard InChI is InChI=1S/C57H86N2O8/c1-38(2)31-50(62)67-37-47(49-23-25-57(53(49)63)52-44(24-29-60)21-22-46(51(52)41(5)36-61)35-56(57,65)26-28-58-6)16-11-13-39(3)45-20-19-40(4)54(64)59-55(27-30-66-7,48-17-9-8-10-18-48)34-43-15-12-14-42(32-43)33-45/h11-16,19,21-22,32,36,38,44-46,48-50,52-54,58-60,62-65H,3,8-10,17-18,20,23-31,33-35,37H2,1-2,4-7H3. The monoisotopic (exact) mass is 927 g/mol. The van der Waals surface area contributed by atoms with Gasteiger partial charge >= 0.3 is 0 Å². The second kappa shape index (κ2) is 24.2. The molecule has 4 bridgehead atoms. The average molecular weight is 927 g/mol. The van der Waals surface area contributed by atoms with E-state index in [-0.39, 0.29) is 48.3 Å². The first kappa shape index (κ1) is 53.3. The quantitative estimate of drug-likeness (QED) is 0.0237. The van der Waals surface area contributed by atoms with E-state index >= 15 is 0 Å². The molecule has 11 unspecified atom stereocenters. The van der Waals surface area contributed by atoms with Gasteiger partial charge in [-0.25, -0.2) is 0 Å². The number of hydrogen-bond acceptors (Lipinski definition) is 10. The summed E-state index contributed by atoms with van der Waals surface area (Å²) in [6.45, 7) is 13.8. The van der Waals surface area contributed by atoms with Gasteiger partial charge in [-0.2, -0.15) is 0 Å². The molecule has 0 saturated heterocycles. The van der Waals surface area contributed by atoms with Crippen molar-refractivity contribution in [2.75, 3.05) is 40.5 Å². The van der Waals surface area contributed by atoms with Crippen molar-refractivity contribution in [2.24, 2.45) is 46.8 Å². The highest BCUT2D eigenvalue weighted by Crippen LogP contribution is 2.67. The number of aldehydes is 1. The summed E-state index contributed by atoms with van der Waals surface area (Å²) < 4.78 is 11.8. The number of nitrogens with one attached hydrogen (secondary N) is 2. The van der Waals surface area contributed by atoms with Crippen LogP contribution in [0, 0.1) is 46.8 Å². The van der Waals surface area contributed by atoms with E-state index in [4.69, 9.17) is 9.47 Å². The Hall–Kier alpha value is -3.03. The van der Waals surface area contributed by atoms with Crippen LogP contribution in [0.5, 0.6) is 0 Å². The van der Waals surface area contributed by atoms with Gasteiger partial charge in [0.05, 0.1) is 18.3 Å². The van der Waals surface area contributed by atoms with Crippen LogP contribution < -0.4 is 10.6 Å². The van der Waals surface area contributed by atoms with Crippen LogP contribution in [-0.4, -0.2) is 102 Å². The Balaban J connectivity index is 1.33. The van der Waals surface area contributed by atoms with Gasteiger partial charge < -0.3 is 40.3 Å². The number of fused-ring (bicyclic) bond motifs is 5. The van der Waals surface area contributed by atoms with Crippen LogP contribution in [0.25, 0.3) is 0 Å². The Morgan fingerprint density at radius 1 is 1.09 bits per heavy atom. The van der Waals surface area contributed by atoms with Crippen molar-refractivity contribution in [3.05, 3.63) is 106 Å². The molecule has 3 saturated carbocycles. The van der Waals surface area contributed by atoms with Crippen LogP contribution in [0.3, 0.4) is 0 Å². The first-order chi connectivity index (χ1) is 32.1. The molecule has 1 heterocycles. The third-order valence-electron chi connectivity index (χ3n) is 16.8. The molecule has 5 aliphatic rings. The molecule has 7 N–H and O–H groups in total. The molecule has 1 aliphatic heterocycles. The van der Waals surface area contributed by atoms with Gasteiger partial charge in [0.15, 0.2) is 6.29 Å². The lowest BCUT2D eigenvalue weighted by Gasteiger charge is -2.61. The number of methoxy groups -OCH3 is 1. The molecule has 10 heteroatoms.